The Bertz CT molecular complexity index is 1220. The van der Waals surface area contributed by atoms with Crippen molar-refractivity contribution in [2.45, 2.75) is 11.3 Å². The van der Waals surface area contributed by atoms with Crippen molar-refractivity contribution < 1.29 is 13.2 Å². The molecule has 0 amide bonds. The van der Waals surface area contributed by atoms with Gasteiger partial charge in [-0.25, -0.2) is 8.42 Å². The van der Waals surface area contributed by atoms with Crippen LogP contribution in [0, 0.1) is 11.3 Å². The van der Waals surface area contributed by atoms with E-state index in [-0.39, 0.29) is 4.90 Å². The van der Waals surface area contributed by atoms with Gasteiger partial charge >= 0.3 is 0 Å². The van der Waals surface area contributed by atoms with Crippen LogP contribution in [-0.2, 0) is 16.3 Å². The highest BCUT2D eigenvalue weighted by atomic mass is 32.2. The highest BCUT2D eigenvalue weighted by molar-refractivity contribution is 7.90. The Balaban J connectivity index is 1.85. The maximum absolute atomic E-state index is 11.8. The number of benzene rings is 3. The summed E-state index contributed by atoms with van der Waals surface area (Å²) in [7, 11) is -3.26. The molecule has 4 nitrogen and oxygen atoms in total. The quantitative estimate of drug-likeness (QED) is 0.665. The summed E-state index contributed by atoms with van der Waals surface area (Å²) in [6.45, 7) is 0. The van der Waals surface area contributed by atoms with Crippen LogP contribution in [0.4, 0.5) is 0 Å². The van der Waals surface area contributed by atoms with E-state index in [1.165, 1.54) is 6.26 Å². The van der Waals surface area contributed by atoms with E-state index in [9.17, 15) is 8.42 Å². The van der Waals surface area contributed by atoms with Gasteiger partial charge in [-0.15, -0.1) is 0 Å². The number of hydrogen-bond acceptors (Lipinski definition) is 4. The summed E-state index contributed by atoms with van der Waals surface area (Å²) in [5.41, 5.74) is 4.45. The van der Waals surface area contributed by atoms with Gasteiger partial charge in [0.05, 0.1) is 16.5 Å². The molecule has 0 aliphatic carbocycles. The van der Waals surface area contributed by atoms with E-state index in [1.54, 1.807) is 36.4 Å². The molecule has 3 aromatic rings. The number of para-hydroxylation sites is 1. The second-order valence-corrected chi connectivity index (χ2v) is 8.70. The first-order valence-corrected chi connectivity index (χ1v) is 10.6. The van der Waals surface area contributed by atoms with Crippen LogP contribution in [0.15, 0.2) is 77.7 Å². The van der Waals surface area contributed by atoms with Crippen LogP contribution in [0.1, 0.15) is 22.3 Å². The predicted octanol–water partition coefficient (Wildman–Crippen LogP) is 4.47. The fourth-order valence-corrected chi connectivity index (χ4v) is 3.89. The van der Waals surface area contributed by atoms with Crippen LogP contribution < -0.4 is 4.74 Å². The molecule has 0 aromatic heterocycles. The fraction of sp³-hybridized carbons (Fsp3) is 0.0870. The average molecular weight is 387 g/mol. The zero-order chi connectivity index (χ0) is 19.7. The second kappa shape index (κ2) is 6.99. The molecule has 0 radical (unpaired) electrons. The zero-order valence-corrected chi connectivity index (χ0v) is 16.0. The minimum Gasteiger partial charge on any atom is -0.456 e. The maximum Gasteiger partial charge on any atom is 0.175 e. The molecule has 0 unspecified atom stereocenters. The SMILES string of the molecule is CS(=O)(=O)c1ccc(C2=C(c3ccc(C#N)cc3)Cc3ccccc3O2)cc1. The van der Waals surface area contributed by atoms with E-state index >= 15 is 0 Å². The van der Waals surface area contributed by atoms with E-state index in [2.05, 4.69) is 6.07 Å². The van der Waals surface area contributed by atoms with Crippen molar-refractivity contribution >= 4 is 21.2 Å². The van der Waals surface area contributed by atoms with Crippen LogP contribution in [0.2, 0.25) is 0 Å². The molecular formula is C23H17NO3S. The summed E-state index contributed by atoms with van der Waals surface area (Å²) in [6.07, 6.45) is 1.88. The summed E-state index contributed by atoms with van der Waals surface area (Å²) in [5.74, 6) is 1.49. The van der Waals surface area contributed by atoms with Gasteiger partial charge in [-0.2, -0.15) is 5.26 Å². The van der Waals surface area contributed by atoms with Crippen LogP contribution in [0.3, 0.4) is 0 Å². The molecule has 0 saturated carbocycles. The molecule has 5 heteroatoms. The van der Waals surface area contributed by atoms with Crippen LogP contribution >= 0.6 is 0 Å². The van der Waals surface area contributed by atoms with E-state index in [0.29, 0.717) is 17.7 Å². The molecule has 0 saturated heterocycles. The van der Waals surface area contributed by atoms with E-state index < -0.39 is 9.84 Å². The van der Waals surface area contributed by atoms with Gasteiger partial charge < -0.3 is 4.74 Å². The normalized spacial score (nSPS) is 13.4. The number of rotatable bonds is 3. The lowest BCUT2D eigenvalue weighted by molar-refractivity contribution is 0.502. The first-order valence-electron chi connectivity index (χ1n) is 8.75. The third-order valence-electron chi connectivity index (χ3n) is 4.73. The van der Waals surface area contributed by atoms with Gasteiger partial charge in [0, 0.05) is 23.8 Å². The lowest BCUT2D eigenvalue weighted by Crippen LogP contribution is -2.09. The number of sulfone groups is 1. The molecular weight excluding hydrogens is 370 g/mol. The molecule has 1 aliphatic heterocycles. The van der Waals surface area contributed by atoms with Crippen LogP contribution in [0.5, 0.6) is 5.75 Å². The Kier molecular flexibility index (Phi) is 4.50. The highest BCUT2D eigenvalue weighted by Gasteiger charge is 2.22. The van der Waals surface area contributed by atoms with Gasteiger partial charge in [0.1, 0.15) is 11.5 Å². The fourth-order valence-electron chi connectivity index (χ4n) is 3.26. The molecule has 28 heavy (non-hydrogen) atoms. The second-order valence-electron chi connectivity index (χ2n) is 6.68. The first-order chi connectivity index (χ1) is 13.5. The molecule has 1 aliphatic rings. The summed E-state index contributed by atoms with van der Waals surface area (Å²) in [6, 6.07) is 24.1. The van der Waals surface area contributed by atoms with Crippen molar-refractivity contribution in [1.82, 2.24) is 0 Å². The number of allylic oxidation sites excluding steroid dienone is 1. The molecule has 1 heterocycles. The van der Waals surface area contributed by atoms with Gasteiger partial charge in [-0.3, -0.25) is 0 Å². The Hall–Kier alpha value is -3.36. The standard InChI is InChI=1S/C23H17NO3S/c1-28(25,26)20-12-10-18(11-13-20)23-21(17-8-6-16(15-24)7-9-17)14-19-4-2-3-5-22(19)27-23/h2-13H,14H2,1H3. The molecule has 0 fully saturated rings. The minimum atomic E-state index is -3.26. The van der Waals surface area contributed by atoms with Crippen LogP contribution in [0.25, 0.3) is 11.3 Å². The summed E-state index contributed by atoms with van der Waals surface area (Å²) in [5, 5.41) is 9.05. The van der Waals surface area contributed by atoms with Gasteiger partial charge in [-0.05, 0) is 53.6 Å². The van der Waals surface area contributed by atoms with Crippen molar-refractivity contribution in [3.8, 4) is 11.8 Å². The molecule has 0 atom stereocenters. The van der Waals surface area contributed by atoms with Crippen molar-refractivity contribution in [2.75, 3.05) is 6.26 Å². The Morgan fingerprint density at radius 3 is 2.18 bits per heavy atom. The minimum absolute atomic E-state index is 0.271. The topological polar surface area (TPSA) is 67.2 Å². The third kappa shape index (κ3) is 3.42. The average Bonchev–Trinajstić information content (AvgIpc) is 2.72. The van der Waals surface area contributed by atoms with Gasteiger partial charge in [-0.1, -0.05) is 30.3 Å². The van der Waals surface area contributed by atoms with Crippen LogP contribution in [-0.4, -0.2) is 14.7 Å². The van der Waals surface area contributed by atoms with E-state index in [1.807, 2.05) is 36.4 Å². The number of nitriles is 1. The van der Waals surface area contributed by atoms with Crippen molar-refractivity contribution in [2.24, 2.45) is 0 Å². The van der Waals surface area contributed by atoms with Gasteiger partial charge in [0.15, 0.2) is 9.84 Å². The summed E-state index contributed by atoms with van der Waals surface area (Å²) < 4.78 is 29.8. The lowest BCUT2D eigenvalue weighted by atomic mass is 9.92. The maximum atomic E-state index is 11.8. The number of fused-ring (bicyclic) bond motifs is 1. The molecule has 0 spiro atoms. The third-order valence-corrected chi connectivity index (χ3v) is 5.86. The number of nitrogens with zero attached hydrogens (tertiary/aromatic N) is 1. The molecule has 3 aromatic carbocycles. The van der Waals surface area contributed by atoms with E-state index in [4.69, 9.17) is 10.00 Å². The first kappa shape index (κ1) is 18.0. The van der Waals surface area contributed by atoms with Gasteiger partial charge in [0.25, 0.3) is 0 Å². The molecule has 138 valence electrons. The number of ether oxygens (including phenoxy) is 1. The highest BCUT2D eigenvalue weighted by Crippen LogP contribution is 2.39. The molecule has 0 bridgehead atoms. The predicted molar refractivity (Wildman–Crippen MR) is 108 cm³/mol. The Morgan fingerprint density at radius 1 is 0.893 bits per heavy atom. The Labute approximate surface area is 164 Å². The smallest absolute Gasteiger partial charge is 0.175 e. The largest absolute Gasteiger partial charge is 0.456 e. The van der Waals surface area contributed by atoms with Crippen molar-refractivity contribution in [1.29, 1.82) is 5.26 Å². The monoisotopic (exact) mass is 387 g/mol. The van der Waals surface area contributed by atoms with Crippen molar-refractivity contribution in [3.05, 3.63) is 95.1 Å². The molecule has 0 N–H and O–H groups in total. The zero-order valence-electron chi connectivity index (χ0n) is 15.2. The summed E-state index contributed by atoms with van der Waals surface area (Å²) >= 11 is 0. The van der Waals surface area contributed by atoms with Gasteiger partial charge in [0.2, 0.25) is 0 Å². The number of hydrogen-bond donors (Lipinski definition) is 0. The summed E-state index contributed by atoms with van der Waals surface area (Å²) in [4.78, 5) is 0.271. The van der Waals surface area contributed by atoms with Crippen molar-refractivity contribution in [3.63, 3.8) is 0 Å². The Morgan fingerprint density at radius 2 is 1.54 bits per heavy atom. The molecule has 4 rings (SSSR count). The lowest BCUT2D eigenvalue weighted by Gasteiger charge is -2.24. The van der Waals surface area contributed by atoms with E-state index in [0.717, 1.165) is 28.0 Å².